The molecule has 0 bridgehead atoms. The SMILES string of the molecule is CN(CC(C)(C)O)C(=O)Nc1cc(F)cc(F)c1. The number of carbonyl (C=O) groups is 1. The van der Waals surface area contributed by atoms with E-state index in [-0.39, 0.29) is 12.2 Å². The van der Waals surface area contributed by atoms with Gasteiger partial charge in [0.15, 0.2) is 0 Å². The molecule has 4 nitrogen and oxygen atoms in total. The third kappa shape index (κ3) is 4.67. The summed E-state index contributed by atoms with van der Waals surface area (Å²) in [5, 5.41) is 11.9. The summed E-state index contributed by atoms with van der Waals surface area (Å²) in [7, 11) is 1.48. The molecule has 0 aliphatic carbocycles. The van der Waals surface area contributed by atoms with Gasteiger partial charge in [-0.05, 0) is 26.0 Å². The summed E-state index contributed by atoms with van der Waals surface area (Å²) in [5.41, 5.74) is -1.01. The lowest BCUT2D eigenvalue weighted by Crippen LogP contribution is -2.41. The van der Waals surface area contributed by atoms with E-state index < -0.39 is 23.3 Å². The number of likely N-dealkylation sites (N-methyl/N-ethyl adjacent to an activating group) is 1. The zero-order valence-electron chi connectivity index (χ0n) is 10.5. The topological polar surface area (TPSA) is 52.6 Å². The van der Waals surface area contributed by atoms with Gasteiger partial charge in [-0.15, -0.1) is 0 Å². The number of anilines is 1. The molecule has 100 valence electrons. The van der Waals surface area contributed by atoms with Crippen molar-refractivity contribution in [2.45, 2.75) is 19.4 Å². The smallest absolute Gasteiger partial charge is 0.321 e. The van der Waals surface area contributed by atoms with Gasteiger partial charge in [0.05, 0.1) is 12.1 Å². The summed E-state index contributed by atoms with van der Waals surface area (Å²) in [4.78, 5) is 12.9. The number of hydrogen-bond acceptors (Lipinski definition) is 2. The fourth-order valence-electron chi connectivity index (χ4n) is 1.50. The third-order valence-electron chi connectivity index (χ3n) is 2.08. The Bertz CT molecular complexity index is 424. The molecule has 0 saturated heterocycles. The minimum absolute atomic E-state index is 0.0279. The van der Waals surface area contributed by atoms with Gasteiger partial charge in [-0.1, -0.05) is 0 Å². The Morgan fingerprint density at radius 2 is 1.83 bits per heavy atom. The van der Waals surface area contributed by atoms with Crippen molar-refractivity contribution >= 4 is 11.7 Å². The molecule has 0 aliphatic rings. The molecule has 0 heterocycles. The maximum atomic E-state index is 12.9. The second-order valence-electron chi connectivity index (χ2n) is 4.76. The fourth-order valence-corrected chi connectivity index (χ4v) is 1.50. The number of rotatable bonds is 3. The number of halogens is 2. The van der Waals surface area contributed by atoms with Crippen molar-refractivity contribution in [2.24, 2.45) is 0 Å². The Morgan fingerprint density at radius 1 is 1.33 bits per heavy atom. The molecule has 0 fully saturated rings. The number of urea groups is 1. The Kier molecular flexibility index (Phi) is 4.24. The normalized spacial score (nSPS) is 11.2. The molecule has 2 N–H and O–H groups in total. The number of carbonyl (C=O) groups excluding carboxylic acids is 1. The van der Waals surface area contributed by atoms with Crippen LogP contribution in [0.2, 0.25) is 0 Å². The predicted molar refractivity (Wildman–Crippen MR) is 64.3 cm³/mol. The van der Waals surface area contributed by atoms with Crippen LogP contribution in [0.25, 0.3) is 0 Å². The Morgan fingerprint density at radius 3 is 2.28 bits per heavy atom. The van der Waals surface area contributed by atoms with Gasteiger partial charge in [0.25, 0.3) is 0 Å². The molecule has 1 aromatic rings. The predicted octanol–water partition coefficient (Wildman–Crippen LogP) is 2.20. The molecule has 1 aromatic carbocycles. The van der Waals surface area contributed by atoms with E-state index in [0.717, 1.165) is 18.2 Å². The first-order chi connectivity index (χ1) is 8.17. The highest BCUT2D eigenvalue weighted by Crippen LogP contribution is 2.13. The highest BCUT2D eigenvalue weighted by Gasteiger charge is 2.19. The average Bonchev–Trinajstić information content (AvgIpc) is 2.12. The molecular weight excluding hydrogens is 242 g/mol. The first-order valence-electron chi connectivity index (χ1n) is 5.38. The van der Waals surface area contributed by atoms with Crippen LogP contribution in [0, 0.1) is 11.6 Å². The largest absolute Gasteiger partial charge is 0.389 e. The van der Waals surface area contributed by atoms with Crippen molar-refractivity contribution in [3.8, 4) is 0 Å². The summed E-state index contributed by atoms with van der Waals surface area (Å²) >= 11 is 0. The summed E-state index contributed by atoms with van der Waals surface area (Å²) in [5.74, 6) is -1.54. The van der Waals surface area contributed by atoms with E-state index in [1.165, 1.54) is 11.9 Å². The highest BCUT2D eigenvalue weighted by atomic mass is 19.1. The fraction of sp³-hybridized carbons (Fsp3) is 0.417. The summed E-state index contributed by atoms with van der Waals surface area (Å²) in [6.45, 7) is 3.20. The molecule has 0 saturated carbocycles. The van der Waals surface area contributed by atoms with Crippen molar-refractivity contribution in [1.29, 1.82) is 0 Å². The highest BCUT2D eigenvalue weighted by molar-refractivity contribution is 5.89. The third-order valence-corrected chi connectivity index (χ3v) is 2.08. The van der Waals surface area contributed by atoms with Gasteiger partial charge in [-0.3, -0.25) is 0 Å². The van der Waals surface area contributed by atoms with Crippen molar-refractivity contribution in [1.82, 2.24) is 4.90 Å². The van der Waals surface area contributed by atoms with E-state index in [4.69, 9.17) is 0 Å². The lowest BCUT2D eigenvalue weighted by Gasteiger charge is -2.25. The average molecular weight is 258 g/mol. The van der Waals surface area contributed by atoms with E-state index in [9.17, 15) is 18.7 Å². The van der Waals surface area contributed by atoms with Crippen molar-refractivity contribution in [3.63, 3.8) is 0 Å². The Labute approximate surface area is 104 Å². The van der Waals surface area contributed by atoms with E-state index >= 15 is 0 Å². The van der Waals surface area contributed by atoms with Crippen LogP contribution >= 0.6 is 0 Å². The van der Waals surface area contributed by atoms with Crippen LogP contribution in [-0.2, 0) is 0 Å². The molecule has 18 heavy (non-hydrogen) atoms. The molecule has 2 amide bonds. The van der Waals surface area contributed by atoms with Gasteiger partial charge in [0, 0.05) is 18.8 Å². The van der Waals surface area contributed by atoms with E-state index in [0.29, 0.717) is 0 Å². The molecule has 0 atom stereocenters. The number of nitrogens with zero attached hydrogens (tertiary/aromatic N) is 1. The summed E-state index contributed by atoms with van der Waals surface area (Å²) in [6, 6.07) is 2.19. The van der Waals surface area contributed by atoms with Crippen LogP contribution in [0.4, 0.5) is 19.3 Å². The van der Waals surface area contributed by atoms with Gasteiger partial charge < -0.3 is 15.3 Å². The lowest BCUT2D eigenvalue weighted by atomic mass is 10.1. The van der Waals surface area contributed by atoms with E-state index in [1.807, 2.05) is 0 Å². The van der Waals surface area contributed by atoms with Crippen molar-refractivity contribution in [2.75, 3.05) is 18.9 Å². The van der Waals surface area contributed by atoms with Crippen LogP contribution in [-0.4, -0.2) is 35.2 Å². The van der Waals surface area contributed by atoms with E-state index in [2.05, 4.69) is 5.32 Å². The van der Waals surface area contributed by atoms with Gasteiger partial charge in [-0.2, -0.15) is 0 Å². The van der Waals surface area contributed by atoms with Crippen LogP contribution in [0.5, 0.6) is 0 Å². The monoisotopic (exact) mass is 258 g/mol. The van der Waals surface area contributed by atoms with Crippen LogP contribution in [0.15, 0.2) is 18.2 Å². The van der Waals surface area contributed by atoms with Crippen LogP contribution in [0.1, 0.15) is 13.8 Å². The maximum absolute atomic E-state index is 12.9. The second-order valence-corrected chi connectivity index (χ2v) is 4.76. The van der Waals surface area contributed by atoms with E-state index in [1.54, 1.807) is 13.8 Å². The van der Waals surface area contributed by atoms with Gasteiger partial charge in [0.1, 0.15) is 11.6 Å². The first kappa shape index (κ1) is 14.4. The summed E-state index contributed by atoms with van der Waals surface area (Å²) in [6.07, 6.45) is 0. The number of benzene rings is 1. The van der Waals surface area contributed by atoms with Gasteiger partial charge in [-0.25, -0.2) is 13.6 Å². The van der Waals surface area contributed by atoms with Gasteiger partial charge in [0.2, 0.25) is 0 Å². The zero-order valence-corrected chi connectivity index (χ0v) is 10.5. The maximum Gasteiger partial charge on any atom is 0.321 e. The molecule has 6 heteroatoms. The Balaban J connectivity index is 2.69. The molecule has 1 rings (SSSR count). The standard InChI is InChI=1S/C12H16F2N2O2/c1-12(2,18)7-16(3)11(17)15-10-5-8(13)4-9(14)6-10/h4-6,18H,7H2,1-3H3,(H,15,17). The van der Waals surface area contributed by atoms with Crippen molar-refractivity contribution < 1.29 is 18.7 Å². The molecule has 0 aromatic heterocycles. The van der Waals surface area contributed by atoms with Gasteiger partial charge >= 0.3 is 6.03 Å². The Hall–Kier alpha value is -1.69. The minimum Gasteiger partial charge on any atom is -0.389 e. The number of nitrogens with one attached hydrogen (secondary N) is 1. The number of aliphatic hydroxyl groups is 1. The van der Waals surface area contributed by atoms with Crippen molar-refractivity contribution in [3.05, 3.63) is 29.8 Å². The zero-order chi connectivity index (χ0) is 13.9. The molecule has 0 spiro atoms. The van der Waals surface area contributed by atoms with Crippen LogP contribution in [0.3, 0.4) is 0 Å². The second kappa shape index (κ2) is 5.30. The summed E-state index contributed by atoms with van der Waals surface area (Å²) < 4.78 is 25.8. The molecule has 0 aliphatic heterocycles. The molecule has 0 radical (unpaired) electrons. The molecular formula is C12H16F2N2O2. The quantitative estimate of drug-likeness (QED) is 0.873. The number of amides is 2. The first-order valence-corrected chi connectivity index (χ1v) is 5.38. The number of hydrogen-bond donors (Lipinski definition) is 2. The molecule has 0 unspecified atom stereocenters. The van der Waals surface area contributed by atoms with Crippen LogP contribution < -0.4 is 5.32 Å². The minimum atomic E-state index is -1.04. The lowest BCUT2D eigenvalue weighted by molar-refractivity contribution is 0.0550.